The summed E-state index contributed by atoms with van der Waals surface area (Å²) >= 11 is 1.94. The van der Waals surface area contributed by atoms with Crippen LogP contribution in [0.5, 0.6) is 0 Å². The highest BCUT2D eigenvalue weighted by molar-refractivity contribution is 7.26. The second-order valence-corrected chi connectivity index (χ2v) is 20.0. The Hall–Kier alpha value is -6.42. The lowest BCUT2D eigenvalue weighted by Gasteiger charge is -2.30. The van der Waals surface area contributed by atoms with Crippen molar-refractivity contribution in [3.05, 3.63) is 198 Å². The lowest BCUT2D eigenvalue weighted by molar-refractivity contribution is 0.449. The summed E-state index contributed by atoms with van der Waals surface area (Å²) in [7, 11) is 0. The Bertz CT molecular complexity index is 3350. The third-order valence-electron chi connectivity index (χ3n) is 14.9. The molecule has 3 aliphatic carbocycles. The van der Waals surface area contributed by atoms with Crippen molar-refractivity contribution in [3.8, 4) is 22.3 Å². The number of allylic oxidation sites excluding steroid dienone is 6. The van der Waals surface area contributed by atoms with Crippen LogP contribution in [-0.4, -0.2) is 4.57 Å². The molecule has 0 fully saturated rings. The van der Waals surface area contributed by atoms with E-state index in [2.05, 4.69) is 213 Å². The van der Waals surface area contributed by atoms with Crippen LogP contribution in [0.25, 0.3) is 69.9 Å². The fraction of sp³-hybridized carbons (Fsp3) is 0.200. The Morgan fingerprint density at radius 1 is 0.635 bits per heavy atom. The van der Waals surface area contributed by atoms with Crippen LogP contribution in [0.2, 0.25) is 0 Å². The van der Waals surface area contributed by atoms with Crippen LogP contribution in [0.4, 0.5) is 11.4 Å². The van der Waals surface area contributed by atoms with Gasteiger partial charge in [-0.05, 0) is 126 Å². The van der Waals surface area contributed by atoms with Gasteiger partial charge in [-0.2, -0.15) is 0 Å². The van der Waals surface area contributed by atoms with Crippen molar-refractivity contribution in [1.82, 2.24) is 4.57 Å². The fourth-order valence-corrected chi connectivity index (χ4v) is 12.7. The van der Waals surface area contributed by atoms with Crippen molar-refractivity contribution in [1.29, 1.82) is 0 Å². The first-order chi connectivity index (χ1) is 30.8. The molecule has 9 aromatic rings. The van der Waals surface area contributed by atoms with Gasteiger partial charge in [0.2, 0.25) is 0 Å². The van der Waals surface area contributed by atoms with Crippen molar-refractivity contribution < 1.29 is 0 Å². The van der Waals surface area contributed by atoms with Gasteiger partial charge in [0.15, 0.2) is 0 Å². The fourth-order valence-electron chi connectivity index (χ4n) is 11.4. The van der Waals surface area contributed by atoms with Crippen molar-refractivity contribution in [2.45, 2.75) is 64.7 Å². The number of thiophene rings is 1. The normalized spacial score (nSPS) is 19.3. The molecule has 0 N–H and O–H groups in total. The van der Waals surface area contributed by atoms with Crippen molar-refractivity contribution >= 4 is 70.4 Å². The van der Waals surface area contributed by atoms with Gasteiger partial charge in [-0.25, -0.2) is 0 Å². The van der Waals surface area contributed by atoms with E-state index in [4.69, 9.17) is 0 Å². The molecular weight excluding hydrogens is 781 g/mol. The molecule has 0 radical (unpaired) electrons. The molecule has 0 amide bonds. The summed E-state index contributed by atoms with van der Waals surface area (Å²) in [4.78, 5) is 2.59. The molecule has 0 aliphatic heterocycles. The molecule has 3 heteroatoms. The molecule has 0 saturated carbocycles. The SMILES string of the molecule is CC1CC=CC=C1n1c2ccccc2c2cc(-c3ccc(N(C4=CCC(C)C(c5ccccc5)CC4)c4ccc5c(c4)C(C)(C)c4ccc6c(sc7ccccc76)c4-5)cc3)ccc21. The number of para-hydroxylation sites is 1. The summed E-state index contributed by atoms with van der Waals surface area (Å²) < 4.78 is 5.26. The van der Waals surface area contributed by atoms with Gasteiger partial charge in [-0.15, -0.1) is 11.3 Å². The molecular formula is C60H52N2S. The number of benzene rings is 7. The summed E-state index contributed by atoms with van der Waals surface area (Å²) in [6.07, 6.45) is 13.6. The molecule has 308 valence electrons. The average molecular weight is 833 g/mol. The Morgan fingerprint density at radius 3 is 2.22 bits per heavy atom. The zero-order chi connectivity index (χ0) is 42.4. The van der Waals surface area contributed by atoms with E-state index in [1.54, 1.807) is 0 Å². The predicted molar refractivity (Wildman–Crippen MR) is 271 cm³/mol. The predicted octanol–water partition coefficient (Wildman–Crippen LogP) is 17.2. The number of anilines is 2. The minimum absolute atomic E-state index is 0.130. The van der Waals surface area contributed by atoms with Crippen LogP contribution in [0.1, 0.15) is 76.0 Å². The first-order valence-corrected chi connectivity index (χ1v) is 23.8. The minimum atomic E-state index is -0.130. The third-order valence-corrected chi connectivity index (χ3v) is 16.1. The average Bonchev–Trinajstić information content (AvgIpc) is 3.88. The zero-order valence-corrected chi connectivity index (χ0v) is 37.4. The first kappa shape index (κ1) is 38.3. The van der Waals surface area contributed by atoms with E-state index in [0.29, 0.717) is 17.8 Å². The van der Waals surface area contributed by atoms with E-state index < -0.39 is 0 Å². The Kier molecular flexibility index (Phi) is 9.02. The van der Waals surface area contributed by atoms with Crippen molar-refractivity contribution in [2.75, 3.05) is 4.90 Å². The highest BCUT2D eigenvalue weighted by Gasteiger charge is 2.38. The molecule has 0 bridgehead atoms. The number of hydrogen-bond donors (Lipinski definition) is 0. The van der Waals surface area contributed by atoms with Crippen LogP contribution in [0.15, 0.2) is 182 Å². The Balaban J connectivity index is 0.958. The maximum absolute atomic E-state index is 2.59. The highest BCUT2D eigenvalue weighted by Crippen LogP contribution is 2.55. The number of fused-ring (bicyclic) bond motifs is 10. The van der Waals surface area contributed by atoms with Gasteiger partial charge in [-0.3, -0.25) is 0 Å². The zero-order valence-electron chi connectivity index (χ0n) is 36.6. The summed E-state index contributed by atoms with van der Waals surface area (Å²) in [5.41, 5.74) is 17.2. The van der Waals surface area contributed by atoms with Gasteiger partial charge < -0.3 is 9.47 Å². The second-order valence-electron chi connectivity index (χ2n) is 18.9. The molecule has 0 saturated heterocycles. The molecule has 63 heavy (non-hydrogen) atoms. The van der Waals surface area contributed by atoms with Gasteiger partial charge in [0, 0.05) is 70.6 Å². The first-order valence-electron chi connectivity index (χ1n) is 23.0. The number of hydrogen-bond acceptors (Lipinski definition) is 2. The molecule has 3 unspecified atom stereocenters. The molecule has 2 heterocycles. The van der Waals surface area contributed by atoms with E-state index in [9.17, 15) is 0 Å². The minimum Gasteiger partial charge on any atom is -0.315 e. The van der Waals surface area contributed by atoms with Crippen molar-refractivity contribution in [2.24, 2.45) is 11.8 Å². The molecule has 0 spiro atoms. The van der Waals surface area contributed by atoms with E-state index in [1.165, 1.54) is 104 Å². The number of aromatic nitrogens is 1. The molecule has 2 nitrogen and oxygen atoms in total. The standard InChI is InChI=1S/C60H52N2S/c1-38-22-26-43(29-31-46(38)41-15-6-5-7-16-41)61(45-30-32-50-53(37-45)60(3,4)52-34-33-49-48-18-10-13-21-57(48)63-59(49)58(50)52)44-27-23-40(24-28-44)42-25-35-56-51(36-42)47-17-9-12-20-55(47)62(56)54-19-11-8-14-39(54)2/h5-13,15-21,23-28,30,32-39,46H,14,22,29,31H2,1-4H3. The summed E-state index contributed by atoms with van der Waals surface area (Å²) in [6, 6.07) is 57.6. The summed E-state index contributed by atoms with van der Waals surface area (Å²) in [5.74, 6) is 1.54. The maximum Gasteiger partial charge on any atom is 0.0538 e. The van der Waals surface area contributed by atoms with Crippen LogP contribution in [0.3, 0.4) is 0 Å². The number of rotatable bonds is 6. The maximum atomic E-state index is 2.59. The van der Waals surface area contributed by atoms with Gasteiger partial charge in [0.05, 0.1) is 11.0 Å². The van der Waals surface area contributed by atoms with Crippen LogP contribution >= 0.6 is 11.3 Å². The molecule has 3 atom stereocenters. The summed E-state index contributed by atoms with van der Waals surface area (Å²) in [5, 5.41) is 5.33. The smallest absolute Gasteiger partial charge is 0.0538 e. The van der Waals surface area contributed by atoms with Crippen LogP contribution in [-0.2, 0) is 5.41 Å². The molecule has 7 aromatic carbocycles. The van der Waals surface area contributed by atoms with Crippen molar-refractivity contribution in [3.63, 3.8) is 0 Å². The monoisotopic (exact) mass is 832 g/mol. The second kappa shape index (κ2) is 14.9. The largest absolute Gasteiger partial charge is 0.315 e. The van der Waals surface area contributed by atoms with Gasteiger partial charge in [0.1, 0.15) is 0 Å². The molecule has 12 rings (SSSR count). The van der Waals surface area contributed by atoms with E-state index in [0.717, 1.165) is 25.7 Å². The van der Waals surface area contributed by atoms with Gasteiger partial charge in [0.25, 0.3) is 0 Å². The quantitative estimate of drug-likeness (QED) is 0.162. The summed E-state index contributed by atoms with van der Waals surface area (Å²) in [6.45, 7) is 9.64. The highest BCUT2D eigenvalue weighted by atomic mass is 32.1. The topological polar surface area (TPSA) is 8.17 Å². The molecule has 2 aromatic heterocycles. The van der Waals surface area contributed by atoms with Crippen LogP contribution < -0.4 is 4.90 Å². The lowest BCUT2D eigenvalue weighted by atomic mass is 9.82. The Labute approximate surface area is 375 Å². The Morgan fingerprint density at radius 2 is 1.38 bits per heavy atom. The lowest BCUT2D eigenvalue weighted by Crippen LogP contribution is -2.19. The van der Waals surface area contributed by atoms with E-state index in [1.807, 2.05) is 11.3 Å². The van der Waals surface area contributed by atoms with E-state index in [-0.39, 0.29) is 5.41 Å². The van der Waals surface area contributed by atoms with E-state index >= 15 is 0 Å². The van der Waals surface area contributed by atoms with Gasteiger partial charge in [-0.1, -0.05) is 149 Å². The van der Waals surface area contributed by atoms with Crippen LogP contribution in [0, 0.1) is 11.8 Å². The molecule has 3 aliphatic rings. The number of nitrogens with zero attached hydrogens (tertiary/aromatic N) is 2. The third kappa shape index (κ3) is 6.11. The van der Waals surface area contributed by atoms with Gasteiger partial charge >= 0.3 is 0 Å².